The Kier molecular flexibility index (Phi) is 2.13. The van der Waals surface area contributed by atoms with Crippen molar-refractivity contribution in [3.8, 4) is 0 Å². The largest absolute Gasteiger partial charge is 0.428 e. The van der Waals surface area contributed by atoms with Gasteiger partial charge in [0.05, 0.1) is 6.04 Å². The van der Waals surface area contributed by atoms with E-state index in [4.69, 9.17) is 10.5 Å². The Morgan fingerprint density at radius 2 is 2.00 bits per heavy atom. The third kappa shape index (κ3) is 1.33. The zero-order chi connectivity index (χ0) is 10.1. The van der Waals surface area contributed by atoms with Crippen molar-refractivity contribution in [2.75, 3.05) is 4.90 Å². The summed E-state index contributed by atoms with van der Waals surface area (Å²) < 4.78 is 4.91. The smallest absolute Gasteiger partial charge is 0.416 e. The van der Waals surface area contributed by atoms with Crippen molar-refractivity contribution in [3.05, 3.63) is 30.3 Å². The van der Waals surface area contributed by atoms with Crippen LogP contribution in [0.15, 0.2) is 30.3 Å². The van der Waals surface area contributed by atoms with Crippen LogP contribution in [0.2, 0.25) is 0 Å². The van der Waals surface area contributed by atoms with Gasteiger partial charge in [0, 0.05) is 5.69 Å². The van der Waals surface area contributed by atoms with Gasteiger partial charge < -0.3 is 4.74 Å². The zero-order valence-corrected chi connectivity index (χ0v) is 7.88. The maximum atomic E-state index is 11.4. The Balaban J connectivity index is 2.31. The van der Waals surface area contributed by atoms with E-state index in [-0.39, 0.29) is 12.1 Å². The SMILES string of the molecule is CC1C(N)OC(=O)N1c1ccccc1. The number of carbonyl (C=O) groups is 1. The minimum atomic E-state index is -0.539. The summed E-state index contributed by atoms with van der Waals surface area (Å²) in [4.78, 5) is 13.0. The van der Waals surface area contributed by atoms with Gasteiger partial charge in [0.25, 0.3) is 0 Å². The van der Waals surface area contributed by atoms with E-state index >= 15 is 0 Å². The van der Waals surface area contributed by atoms with Crippen LogP contribution < -0.4 is 10.6 Å². The van der Waals surface area contributed by atoms with Crippen molar-refractivity contribution in [1.82, 2.24) is 0 Å². The minimum Gasteiger partial charge on any atom is -0.428 e. The normalized spacial score (nSPS) is 26.4. The van der Waals surface area contributed by atoms with Gasteiger partial charge in [0.2, 0.25) is 0 Å². The van der Waals surface area contributed by atoms with Crippen molar-refractivity contribution in [2.24, 2.45) is 5.73 Å². The lowest BCUT2D eigenvalue weighted by molar-refractivity contribution is 0.137. The Hall–Kier alpha value is -1.55. The second kappa shape index (κ2) is 3.31. The summed E-state index contributed by atoms with van der Waals surface area (Å²) in [6.45, 7) is 1.86. The van der Waals surface area contributed by atoms with Gasteiger partial charge in [-0.05, 0) is 19.1 Å². The summed E-state index contributed by atoms with van der Waals surface area (Å²) in [5.41, 5.74) is 6.43. The van der Waals surface area contributed by atoms with Crippen molar-refractivity contribution in [2.45, 2.75) is 19.2 Å². The predicted molar refractivity (Wildman–Crippen MR) is 52.8 cm³/mol. The molecule has 0 aliphatic carbocycles. The molecule has 74 valence electrons. The third-order valence-corrected chi connectivity index (χ3v) is 2.35. The van der Waals surface area contributed by atoms with E-state index in [9.17, 15) is 4.79 Å². The molecule has 0 radical (unpaired) electrons. The number of ether oxygens (including phenoxy) is 1. The number of carbonyl (C=O) groups excluding carboxylic acids is 1. The monoisotopic (exact) mass is 192 g/mol. The average Bonchev–Trinajstić information content (AvgIpc) is 2.43. The van der Waals surface area contributed by atoms with Crippen molar-refractivity contribution < 1.29 is 9.53 Å². The zero-order valence-electron chi connectivity index (χ0n) is 7.88. The first kappa shape index (κ1) is 9.02. The number of benzene rings is 1. The molecule has 1 heterocycles. The van der Waals surface area contributed by atoms with E-state index < -0.39 is 6.23 Å². The highest BCUT2D eigenvalue weighted by molar-refractivity contribution is 5.90. The van der Waals surface area contributed by atoms with Gasteiger partial charge >= 0.3 is 6.09 Å². The van der Waals surface area contributed by atoms with Crippen LogP contribution in [-0.4, -0.2) is 18.4 Å². The molecule has 4 heteroatoms. The molecular formula is C10H12N2O2. The molecule has 1 fully saturated rings. The highest BCUT2D eigenvalue weighted by Gasteiger charge is 2.37. The fraction of sp³-hybridized carbons (Fsp3) is 0.300. The molecule has 0 bridgehead atoms. The Morgan fingerprint density at radius 3 is 2.50 bits per heavy atom. The van der Waals surface area contributed by atoms with Crippen molar-refractivity contribution >= 4 is 11.8 Å². The minimum absolute atomic E-state index is 0.120. The Labute approximate surface area is 82.3 Å². The Morgan fingerprint density at radius 1 is 1.36 bits per heavy atom. The third-order valence-electron chi connectivity index (χ3n) is 2.35. The first-order valence-electron chi connectivity index (χ1n) is 4.50. The predicted octanol–water partition coefficient (Wildman–Crippen LogP) is 1.32. The van der Waals surface area contributed by atoms with Crippen LogP contribution in [0.3, 0.4) is 0 Å². The van der Waals surface area contributed by atoms with Gasteiger partial charge in [-0.3, -0.25) is 10.6 Å². The van der Waals surface area contributed by atoms with Gasteiger partial charge in [-0.25, -0.2) is 4.79 Å². The maximum Gasteiger partial charge on any atom is 0.416 e. The molecular weight excluding hydrogens is 180 g/mol. The number of hydrogen-bond donors (Lipinski definition) is 1. The highest BCUT2D eigenvalue weighted by Crippen LogP contribution is 2.24. The first-order chi connectivity index (χ1) is 6.70. The van der Waals surface area contributed by atoms with Crippen molar-refractivity contribution in [3.63, 3.8) is 0 Å². The van der Waals surface area contributed by atoms with Gasteiger partial charge in [0.1, 0.15) is 0 Å². The fourth-order valence-corrected chi connectivity index (χ4v) is 1.51. The number of rotatable bonds is 1. The standard InChI is InChI=1S/C10H12N2O2/c1-7-9(11)14-10(13)12(7)8-5-3-2-4-6-8/h2-7,9H,11H2,1H3. The molecule has 1 aromatic rings. The van der Waals surface area contributed by atoms with Crippen LogP contribution in [0.4, 0.5) is 10.5 Å². The van der Waals surface area contributed by atoms with Crippen LogP contribution in [0, 0.1) is 0 Å². The fourth-order valence-electron chi connectivity index (χ4n) is 1.51. The van der Waals surface area contributed by atoms with Gasteiger partial charge in [-0.2, -0.15) is 0 Å². The molecule has 1 amide bonds. The molecule has 2 atom stereocenters. The summed E-state index contributed by atoms with van der Waals surface area (Å²) in [5.74, 6) is 0. The second-order valence-electron chi connectivity index (χ2n) is 3.29. The van der Waals surface area contributed by atoms with Crippen LogP contribution in [0.1, 0.15) is 6.92 Å². The number of nitrogens with two attached hydrogens (primary N) is 1. The molecule has 0 saturated carbocycles. The summed E-state index contributed by atoms with van der Waals surface area (Å²) in [5, 5.41) is 0. The average molecular weight is 192 g/mol. The number of para-hydroxylation sites is 1. The lowest BCUT2D eigenvalue weighted by Crippen LogP contribution is -2.37. The molecule has 1 saturated heterocycles. The van der Waals surface area contributed by atoms with Crippen molar-refractivity contribution in [1.29, 1.82) is 0 Å². The topological polar surface area (TPSA) is 55.6 Å². The van der Waals surface area contributed by atoms with Crippen LogP contribution in [-0.2, 0) is 4.74 Å². The number of hydrogen-bond acceptors (Lipinski definition) is 3. The number of cyclic esters (lactones) is 1. The second-order valence-corrected chi connectivity index (χ2v) is 3.29. The van der Waals surface area contributed by atoms with Crippen LogP contribution in [0.25, 0.3) is 0 Å². The number of anilines is 1. The first-order valence-corrected chi connectivity index (χ1v) is 4.50. The van der Waals surface area contributed by atoms with Gasteiger partial charge in [-0.15, -0.1) is 0 Å². The summed E-state index contributed by atoms with van der Waals surface area (Å²) in [7, 11) is 0. The maximum absolute atomic E-state index is 11.4. The molecule has 14 heavy (non-hydrogen) atoms. The van der Waals surface area contributed by atoms with E-state index in [1.807, 2.05) is 37.3 Å². The number of nitrogens with zero attached hydrogens (tertiary/aromatic N) is 1. The van der Waals surface area contributed by atoms with Gasteiger partial charge in [-0.1, -0.05) is 18.2 Å². The molecule has 1 aromatic carbocycles. The van der Waals surface area contributed by atoms with Gasteiger partial charge in [0.15, 0.2) is 6.23 Å². The Bertz CT molecular complexity index is 339. The molecule has 1 aliphatic heterocycles. The molecule has 2 unspecified atom stereocenters. The molecule has 0 spiro atoms. The molecule has 1 aliphatic rings. The van der Waals surface area contributed by atoms with E-state index in [1.54, 1.807) is 4.90 Å². The molecule has 0 aromatic heterocycles. The quantitative estimate of drug-likeness (QED) is 0.730. The van der Waals surface area contributed by atoms with E-state index in [0.717, 1.165) is 5.69 Å². The van der Waals surface area contributed by atoms with Crippen LogP contribution >= 0.6 is 0 Å². The summed E-state index contributed by atoms with van der Waals surface area (Å²) in [6.07, 6.45) is -0.918. The lowest BCUT2D eigenvalue weighted by Gasteiger charge is -2.18. The number of amides is 1. The van der Waals surface area contributed by atoms with Crippen LogP contribution in [0.5, 0.6) is 0 Å². The molecule has 4 nitrogen and oxygen atoms in total. The van der Waals surface area contributed by atoms with E-state index in [0.29, 0.717) is 0 Å². The van der Waals surface area contributed by atoms with E-state index in [1.165, 1.54) is 0 Å². The lowest BCUT2D eigenvalue weighted by atomic mass is 10.2. The molecule has 2 N–H and O–H groups in total. The molecule has 2 rings (SSSR count). The summed E-state index contributed by atoms with van der Waals surface area (Å²) >= 11 is 0. The van der Waals surface area contributed by atoms with E-state index in [2.05, 4.69) is 0 Å². The highest BCUT2D eigenvalue weighted by atomic mass is 16.6. The summed E-state index contributed by atoms with van der Waals surface area (Å²) in [6, 6.07) is 9.24.